The Hall–Kier alpha value is -0.900. The summed E-state index contributed by atoms with van der Waals surface area (Å²) in [5.74, 6) is 0. The first kappa shape index (κ1) is 11.2. The molecule has 14 heavy (non-hydrogen) atoms. The molecule has 1 rings (SSSR count). The van der Waals surface area contributed by atoms with Gasteiger partial charge in [0, 0.05) is 17.3 Å². The van der Waals surface area contributed by atoms with Gasteiger partial charge < -0.3 is 4.74 Å². The summed E-state index contributed by atoms with van der Waals surface area (Å²) < 4.78 is 6.65. The minimum absolute atomic E-state index is 0.335. The molecule has 0 fully saturated rings. The SMILES string of the molecule is CSc1ccn(C(=O)OC(C)(C)C)c1. The average molecular weight is 213 g/mol. The Kier molecular flexibility index (Phi) is 3.26. The Morgan fingerprint density at radius 2 is 2.14 bits per heavy atom. The molecule has 1 aromatic heterocycles. The van der Waals surface area contributed by atoms with E-state index in [9.17, 15) is 4.79 Å². The number of hydrogen-bond acceptors (Lipinski definition) is 3. The van der Waals surface area contributed by atoms with Crippen LogP contribution in [-0.2, 0) is 4.74 Å². The van der Waals surface area contributed by atoms with Gasteiger partial charge in [0.25, 0.3) is 0 Å². The molecular formula is C10H15NO2S. The zero-order valence-corrected chi connectivity index (χ0v) is 9.72. The van der Waals surface area contributed by atoms with Crippen LogP contribution in [0, 0.1) is 0 Å². The summed E-state index contributed by atoms with van der Waals surface area (Å²) in [6, 6.07) is 1.88. The van der Waals surface area contributed by atoms with Gasteiger partial charge in [-0.25, -0.2) is 4.79 Å². The van der Waals surface area contributed by atoms with E-state index in [4.69, 9.17) is 4.74 Å². The number of rotatable bonds is 1. The largest absolute Gasteiger partial charge is 0.443 e. The molecule has 0 amide bonds. The Balaban J connectivity index is 2.70. The van der Waals surface area contributed by atoms with Gasteiger partial charge >= 0.3 is 6.09 Å². The quantitative estimate of drug-likeness (QED) is 0.672. The lowest BCUT2D eigenvalue weighted by atomic mass is 10.2. The van der Waals surface area contributed by atoms with Crippen LogP contribution < -0.4 is 0 Å². The van der Waals surface area contributed by atoms with E-state index in [1.165, 1.54) is 4.57 Å². The van der Waals surface area contributed by atoms with Gasteiger partial charge in [-0.15, -0.1) is 11.8 Å². The molecule has 0 saturated heterocycles. The monoisotopic (exact) mass is 213 g/mol. The van der Waals surface area contributed by atoms with Crippen molar-refractivity contribution in [1.82, 2.24) is 4.57 Å². The van der Waals surface area contributed by atoms with Crippen LogP contribution in [0.3, 0.4) is 0 Å². The second-order valence-electron chi connectivity index (χ2n) is 3.94. The Morgan fingerprint density at radius 3 is 2.57 bits per heavy atom. The van der Waals surface area contributed by atoms with Gasteiger partial charge in [0.2, 0.25) is 0 Å². The number of nitrogens with zero attached hydrogens (tertiary/aromatic N) is 1. The second kappa shape index (κ2) is 4.09. The maximum atomic E-state index is 11.5. The van der Waals surface area contributed by atoms with E-state index in [0.717, 1.165) is 4.90 Å². The van der Waals surface area contributed by atoms with E-state index in [2.05, 4.69) is 0 Å². The van der Waals surface area contributed by atoms with E-state index in [-0.39, 0.29) is 6.09 Å². The first-order chi connectivity index (χ1) is 6.42. The van der Waals surface area contributed by atoms with Crippen molar-refractivity contribution >= 4 is 17.9 Å². The number of thioether (sulfide) groups is 1. The minimum Gasteiger partial charge on any atom is -0.443 e. The van der Waals surface area contributed by atoms with Gasteiger partial charge in [-0.05, 0) is 33.1 Å². The van der Waals surface area contributed by atoms with Crippen LogP contribution in [-0.4, -0.2) is 22.5 Å². The Bertz CT molecular complexity index is 325. The predicted molar refractivity (Wildman–Crippen MR) is 57.8 cm³/mol. The van der Waals surface area contributed by atoms with Crippen molar-refractivity contribution in [3.05, 3.63) is 18.5 Å². The molecule has 0 saturated carbocycles. The topological polar surface area (TPSA) is 31.2 Å². The van der Waals surface area contributed by atoms with Gasteiger partial charge in [0.15, 0.2) is 0 Å². The molecule has 3 nitrogen and oxygen atoms in total. The highest BCUT2D eigenvalue weighted by Gasteiger charge is 2.17. The summed E-state index contributed by atoms with van der Waals surface area (Å²) >= 11 is 1.60. The van der Waals surface area contributed by atoms with E-state index in [1.807, 2.05) is 33.1 Å². The lowest BCUT2D eigenvalue weighted by Crippen LogP contribution is -2.26. The number of aromatic nitrogens is 1. The van der Waals surface area contributed by atoms with Gasteiger partial charge in [-0.2, -0.15) is 0 Å². The van der Waals surface area contributed by atoms with Crippen LogP contribution >= 0.6 is 11.8 Å². The standard InChI is InChI=1S/C10H15NO2S/c1-10(2,3)13-9(12)11-6-5-8(7-11)14-4/h5-7H,1-4H3. The van der Waals surface area contributed by atoms with Gasteiger partial charge in [0.1, 0.15) is 5.60 Å². The van der Waals surface area contributed by atoms with Crippen molar-refractivity contribution in [3.8, 4) is 0 Å². The maximum Gasteiger partial charge on any atom is 0.418 e. The fourth-order valence-corrected chi connectivity index (χ4v) is 1.34. The van der Waals surface area contributed by atoms with Gasteiger partial charge in [-0.1, -0.05) is 0 Å². The summed E-state index contributed by atoms with van der Waals surface area (Å²) in [7, 11) is 0. The number of carbonyl (C=O) groups is 1. The zero-order valence-electron chi connectivity index (χ0n) is 8.90. The summed E-state index contributed by atoms with van der Waals surface area (Å²) in [5.41, 5.74) is -0.444. The van der Waals surface area contributed by atoms with Crippen LogP contribution in [0.15, 0.2) is 23.4 Å². The highest BCUT2D eigenvalue weighted by molar-refractivity contribution is 7.98. The molecule has 0 atom stereocenters. The first-order valence-corrected chi connectivity index (χ1v) is 5.60. The lowest BCUT2D eigenvalue weighted by molar-refractivity contribution is 0.0537. The Labute approximate surface area is 88.4 Å². The predicted octanol–water partition coefficient (Wildman–Crippen LogP) is 2.99. The summed E-state index contributed by atoms with van der Waals surface area (Å²) in [5, 5.41) is 0. The third-order valence-electron chi connectivity index (χ3n) is 1.51. The van der Waals surface area contributed by atoms with Crippen LogP contribution in [0.5, 0.6) is 0 Å². The maximum absolute atomic E-state index is 11.5. The van der Waals surface area contributed by atoms with Crippen molar-refractivity contribution in [2.75, 3.05) is 6.26 Å². The molecule has 0 aliphatic carbocycles. The van der Waals surface area contributed by atoms with Crippen molar-refractivity contribution < 1.29 is 9.53 Å². The molecule has 0 bridgehead atoms. The number of carbonyl (C=O) groups excluding carboxylic acids is 1. The second-order valence-corrected chi connectivity index (χ2v) is 4.82. The normalized spacial score (nSPS) is 11.4. The molecular weight excluding hydrogens is 198 g/mol. The van der Waals surface area contributed by atoms with Crippen LogP contribution in [0.1, 0.15) is 20.8 Å². The zero-order chi connectivity index (χ0) is 10.8. The van der Waals surface area contributed by atoms with Crippen molar-refractivity contribution in [1.29, 1.82) is 0 Å². The molecule has 0 spiro atoms. The van der Waals surface area contributed by atoms with E-state index >= 15 is 0 Å². The minimum atomic E-state index is -0.444. The van der Waals surface area contributed by atoms with Crippen LogP contribution in [0.25, 0.3) is 0 Å². The number of hydrogen-bond donors (Lipinski definition) is 0. The van der Waals surface area contributed by atoms with Gasteiger partial charge in [0.05, 0.1) is 0 Å². The van der Waals surface area contributed by atoms with Crippen molar-refractivity contribution in [2.24, 2.45) is 0 Å². The Morgan fingerprint density at radius 1 is 1.50 bits per heavy atom. The summed E-state index contributed by atoms with van der Waals surface area (Å²) in [4.78, 5) is 12.6. The summed E-state index contributed by atoms with van der Waals surface area (Å²) in [6.45, 7) is 5.55. The van der Waals surface area contributed by atoms with Crippen molar-refractivity contribution in [3.63, 3.8) is 0 Å². The fraction of sp³-hybridized carbons (Fsp3) is 0.500. The molecule has 0 unspecified atom stereocenters. The molecule has 0 radical (unpaired) electrons. The molecule has 0 aliphatic rings. The highest BCUT2D eigenvalue weighted by Crippen LogP contribution is 2.16. The highest BCUT2D eigenvalue weighted by atomic mass is 32.2. The average Bonchev–Trinajstić information content (AvgIpc) is 2.48. The van der Waals surface area contributed by atoms with Crippen LogP contribution in [0.2, 0.25) is 0 Å². The molecule has 1 heterocycles. The van der Waals surface area contributed by atoms with E-state index in [1.54, 1.807) is 24.2 Å². The van der Waals surface area contributed by atoms with Crippen molar-refractivity contribution in [2.45, 2.75) is 31.3 Å². The lowest BCUT2D eigenvalue weighted by Gasteiger charge is -2.19. The first-order valence-electron chi connectivity index (χ1n) is 4.38. The van der Waals surface area contributed by atoms with Crippen LogP contribution in [0.4, 0.5) is 4.79 Å². The molecule has 4 heteroatoms. The molecule has 78 valence electrons. The fourth-order valence-electron chi connectivity index (χ4n) is 0.926. The number of ether oxygens (including phenoxy) is 1. The smallest absolute Gasteiger partial charge is 0.418 e. The molecule has 0 aromatic carbocycles. The molecule has 0 aliphatic heterocycles. The van der Waals surface area contributed by atoms with E-state index in [0.29, 0.717) is 0 Å². The van der Waals surface area contributed by atoms with Gasteiger partial charge in [-0.3, -0.25) is 4.57 Å². The van der Waals surface area contributed by atoms with E-state index < -0.39 is 5.60 Å². The molecule has 1 aromatic rings. The molecule has 0 N–H and O–H groups in total. The third-order valence-corrected chi connectivity index (χ3v) is 2.22. The summed E-state index contributed by atoms with van der Waals surface area (Å²) in [6.07, 6.45) is 5.10. The third kappa shape index (κ3) is 3.10.